The molecule has 1 N–H and O–H groups in total. The number of carbonyl (C=O) groups is 3. The SMILES string of the molecule is CN1C(=O)C(=Cc2ccc(Sc3n[nH]c(-c4ccc(Cl)cc4Cl)n3)c([N+](=O)[O-])c2)C(=O)N(C)C1=O. The van der Waals surface area contributed by atoms with Crippen LogP contribution in [0.15, 0.2) is 52.0 Å². The maximum Gasteiger partial charge on any atom is 0.333 e. The van der Waals surface area contributed by atoms with Crippen LogP contribution in [-0.2, 0) is 9.59 Å². The van der Waals surface area contributed by atoms with Crippen molar-refractivity contribution in [2.75, 3.05) is 14.1 Å². The lowest BCUT2D eigenvalue weighted by Crippen LogP contribution is -2.52. The van der Waals surface area contributed by atoms with Gasteiger partial charge in [-0.3, -0.25) is 34.6 Å². The molecule has 4 amide bonds. The van der Waals surface area contributed by atoms with E-state index in [-0.39, 0.29) is 26.9 Å². The first-order chi connectivity index (χ1) is 16.6. The average molecular weight is 533 g/mol. The highest BCUT2D eigenvalue weighted by atomic mass is 35.5. The zero-order valence-electron chi connectivity index (χ0n) is 18.0. The number of hydrogen-bond acceptors (Lipinski definition) is 8. The fraction of sp³-hybridized carbons (Fsp3) is 0.0952. The lowest BCUT2D eigenvalue weighted by Gasteiger charge is -2.28. The van der Waals surface area contributed by atoms with Crippen molar-refractivity contribution < 1.29 is 19.3 Å². The van der Waals surface area contributed by atoms with Crippen LogP contribution in [0.1, 0.15) is 5.56 Å². The van der Waals surface area contributed by atoms with Crippen molar-refractivity contribution in [2.45, 2.75) is 10.1 Å². The number of hydrogen-bond donors (Lipinski definition) is 1. The number of aromatic amines is 1. The van der Waals surface area contributed by atoms with E-state index in [0.29, 0.717) is 21.4 Å². The Morgan fingerprint density at radius 3 is 2.37 bits per heavy atom. The molecule has 35 heavy (non-hydrogen) atoms. The summed E-state index contributed by atoms with van der Waals surface area (Å²) in [4.78, 5) is 54.0. The zero-order chi connectivity index (χ0) is 25.4. The van der Waals surface area contributed by atoms with E-state index in [0.717, 1.165) is 21.6 Å². The number of benzene rings is 2. The maximum absolute atomic E-state index is 12.4. The topological polar surface area (TPSA) is 142 Å². The second kappa shape index (κ2) is 9.49. The minimum absolute atomic E-state index is 0.208. The predicted octanol–water partition coefficient (Wildman–Crippen LogP) is 4.27. The monoisotopic (exact) mass is 532 g/mol. The number of aromatic nitrogens is 3. The summed E-state index contributed by atoms with van der Waals surface area (Å²) >= 11 is 13.1. The van der Waals surface area contributed by atoms with Gasteiger partial charge in [0.05, 0.1) is 14.8 Å². The van der Waals surface area contributed by atoms with Crippen molar-refractivity contribution in [3.05, 3.63) is 67.7 Å². The number of carbonyl (C=O) groups excluding carboxylic acids is 3. The number of halogens is 2. The van der Waals surface area contributed by atoms with Gasteiger partial charge in [0.15, 0.2) is 5.82 Å². The van der Waals surface area contributed by atoms with Gasteiger partial charge in [0.25, 0.3) is 17.5 Å². The molecule has 1 aliphatic rings. The van der Waals surface area contributed by atoms with E-state index in [1.807, 2.05) is 0 Å². The standard InChI is InChI=1S/C21H14Cl2N6O5S/c1-27-18(30)13(19(31)28(2)21(27)32)7-10-3-6-16(15(8-10)29(33)34)35-20-24-17(25-26-20)12-5-4-11(22)9-14(12)23/h3-9H,1-2H3,(H,24,25,26). The van der Waals surface area contributed by atoms with Crippen LogP contribution in [0.5, 0.6) is 0 Å². The molecular formula is C21H14Cl2N6O5S. The summed E-state index contributed by atoms with van der Waals surface area (Å²) in [5, 5.41) is 19.6. The van der Waals surface area contributed by atoms with Gasteiger partial charge in [-0.15, -0.1) is 5.10 Å². The smallest absolute Gasteiger partial charge is 0.268 e. The first-order valence-electron chi connectivity index (χ1n) is 9.72. The third kappa shape index (κ3) is 4.76. The number of rotatable bonds is 5. The maximum atomic E-state index is 12.4. The number of amides is 4. The number of nitrogens with zero attached hydrogens (tertiary/aromatic N) is 5. The van der Waals surface area contributed by atoms with Crippen molar-refractivity contribution in [3.63, 3.8) is 0 Å². The van der Waals surface area contributed by atoms with E-state index < -0.39 is 22.8 Å². The number of imide groups is 2. The Kier molecular flexibility index (Phi) is 6.61. The summed E-state index contributed by atoms with van der Waals surface area (Å²) in [6.45, 7) is 0. The van der Waals surface area contributed by atoms with Crippen LogP contribution < -0.4 is 0 Å². The summed E-state index contributed by atoms with van der Waals surface area (Å²) in [6, 6.07) is 8.28. The van der Waals surface area contributed by atoms with Gasteiger partial charge >= 0.3 is 6.03 Å². The van der Waals surface area contributed by atoms with Crippen LogP contribution in [0.3, 0.4) is 0 Å². The van der Waals surface area contributed by atoms with Crippen LogP contribution in [0.4, 0.5) is 10.5 Å². The highest BCUT2D eigenvalue weighted by molar-refractivity contribution is 7.99. The second-order valence-corrected chi connectivity index (χ2v) is 9.10. The normalized spacial score (nSPS) is 14.1. The molecule has 1 aliphatic heterocycles. The molecule has 0 atom stereocenters. The van der Waals surface area contributed by atoms with Crippen molar-refractivity contribution >= 4 is 64.6 Å². The van der Waals surface area contributed by atoms with E-state index >= 15 is 0 Å². The number of nitrogens with one attached hydrogen (secondary N) is 1. The Balaban J connectivity index is 1.64. The number of nitro groups is 1. The Morgan fingerprint density at radius 1 is 1.06 bits per heavy atom. The van der Waals surface area contributed by atoms with Crippen LogP contribution >= 0.6 is 35.0 Å². The van der Waals surface area contributed by atoms with Gasteiger partial charge in [0.1, 0.15) is 5.57 Å². The first kappa shape index (κ1) is 24.4. The second-order valence-electron chi connectivity index (χ2n) is 7.25. The fourth-order valence-corrected chi connectivity index (χ4v) is 4.48. The minimum atomic E-state index is -0.798. The first-order valence-corrected chi connectivity index (χ1v) is 11.3. The molecule has 178 valence electrons. The molecule has 2 heterocycles. The molecule has 1 saturated heterocycles. The summed E-state index contributed by atoms with van der Waals surface area (Å²) in [7, 11) is 2.48. The molecular weight excluding hydrogens is 519 g/mol. The van der Waals surface area contributed by atoms with Gasteiger partial charge in [-0.05, 0) is 47.7 Å². The molecule has 0 bridgehead atoms. The van der Waals surface area contributed by atoms with E-state index in [4.69, 9.17) is 23.2 Å². The summed E-state index contributed by atoms with van der Waals surface area (Å²) in [6.07, 6.45) is 1.21. The lowest BCUT2D eigenvalue weighted by atomic mass is 10.1. The number of urea groups is 1. The van der Waals surface area contributed by atoms with Gasteiger partial charge in [0.2, 0.25) is 5.16 Å². The molecule has 0 spiro atoms. The number of nitro benzene ring substituents is 1. The Morgan fingerprint density at radius 2 is 1.74 bits per heavy atom. The minimum Gasteiger partial charge on any atom is -0.268 e. The van der Waals surface area contributed by atoms with Gasteiger partial charge in [-0.2, -0.15) is 0 Å². The van der Waals surface area contributed by atoms with Crippen molar-refractivity contribution in [1.82, 2.24) is 25.0 Å². The average Bonchev–Trinajstić information content (AvgIpc) is 3.28. The number of likely N-dealkylation sites (N-methyl/N-ethyl adjacent to an activating group) is 2. The zero-order valence-corrected chi connectivity index (χ0v) is 20.3. The molecule has 0 radical (unpaired) electrons. The van der Waals surface area contributed by atoms with Crippen LogP contribution in [0.2, 0.25) is 10.0 Å². The third-order valence-electron chi connectivity index (χ3n) is 4.99. The number of H-pyrrole nitrogens is 1. The lowest BCUT2D eigenvalue weighted by molar-refractivity contribution is -0.387. The molecule has 14 heteroatoms. The fourth-order valence-electron chi connectivity index (χ4n) is 3.19. The predicted molar refractivity (Wildman–Crippen MR) is 128 cm³/mol. The molecule has 0 aliphatic carbocycles. The molecule has 1 aromatic heterocycles. The van der Waals surface area contributed by atoms with Gasteiger partial charge < -0.3 is 0 Å². The van der Waals surface area contributed by atoms with Crippen LogP contribution in [0, 0.1) is 10.1 Å². The highest BCUT2D eigenvalue weighted by Crippen LogP contribution is 2.36. The van der Waals surface area contributed by atoms with Crippen LogP contribution in [-0.4, -0.2) is 61.8 Å². The third-order valence-corrected chi connectivity index (χ3v) is 6.47. The number of barbiturate groups is 1. The molecule has 0 saturated carbocycles. The van der Waals surface area contributed by atoms with E-state index in [2.05, 4.69) is 15.2 Å². The Hall–Kier alpha value is -3.74. The highest BCUT2D eigenvalue weighted by Gasteiger charge is 2.37. The van der Waals surface area contributed by atoms with E-state index in [9.17, 15) is 24.5 Å². The van der Waals surface area contributed by atoms with Crippen LogP contribution in [0.25, 0.3) is 17.5 Å². The van der Waals surface area contributed by atoms with Crippen molar-refractivity contribution in [2.24, 2.45) is 0 Å². The van der Waals surface area contributed by atoms with Crippen molar-refractivity contribution in [1.29, 1.82) is 0 Å². The summed E-state index contributed by atoms with van der Waals surface area (Å²) < 4.78 is 0. The molecule has 2 aromatic carbocycles. The quantitative estimate of drug-likeness (QED) is 0.222. The van der Waals surface area contributed by atoms with Gasteiger partial charge in [0, 0.05) is 30.7 Å². The summed E-state index contributed by atoms with van der Waals surface area (Å²) in [5.74, 6) is -1.24. The van der Waals surface area contributed by atoms with E-state index in [1.54, 1.807) is 18.2 Å². The molecule has 4 rings (SSSR count). The molecule has 0 unspecified atom stereocenters. The largest absolute Gasteiger partial charge is 0.333 e. The van der Waals surface area contributed by atoms with Gasteiger partial charge in [-0.1, -0.05) is 29.3 Å². The Labute approximate surface area is 211 Å². The summed E-state index contributed by atoms with van der Waals surface area (Å²) in [5.41, 5.74) is 0.219. The Bertz CT molecular complexity index is 1410. The molecule has 3 aromatic rings. The molecule has 11 nitrogen and oxygen atoms in total. The van der Waals surface area contributed by atoms with Gasteiger partial charge in [-0.25, -0.2) is 9.78 Å². The van der Waals surface area contributed by atoms with E-state index in [1.165, 1.54) is 38.4 Å². The van der Waals surface area contributed by atoms with Crippen molar-refractivity contribution in [3.8, 4) is 11.4 Å². The molecule has 1 fully saturated rings.